The number of nitrogens with one attached hydrogen (secondary N) is 1. The number of nitrogens with zero attached hydrogens (tertiary/aromatic N) is 2. The van der Waals surface area contributed by atoms with Crippen LogP contribution in [0.4, 0.5) is 5.69 Å². The molecule has 13 heteroatoms. The SMILES string of the molecule is CN(C)c1cc(C(=O)NO)c(O)c2c1C[C@H]1C[C@H]3[C@H](N(C)C)C(=O)C(C(N)=O)C(=O)[C@@]3(O)C(=O)C1C2=O. The largest absolute Gasteiger partial charge is 0.506 e. The first-order valence-electron chi connectivity index (χ1n) is 11.5. The maximum absolute atomic E-state index is 13.8. The van der Waals surface area contributed by atoms with Crippen LogP contribution in [0, 0.1) is 23.7 Å². The number of benzene rings is 1. The number of carbonyl (C=O) groups excluding carboxylic acids is 6. The van der Waals surface area contributed by atoms with E-state index < -0.39 is 81.6 Å². The monoisotopic (exact) mass is 516 g/mol. The van der Waals surface area contributed by atoms with Crippen LogP contribution >= 0.6 is 0 Å². The molecular weight excluding hydrogens is 488 g/mol. The lowest BCUT2D eigenvalue weighted by Crippen LogP contribution is -2.74. The molecule has 6 N–H and O–H groups in total. The van der Waals surface area contributed by atoms with E-state index in [-0.39, 0.29) is 18.4 Å². The maximum Gasteiger partial charge on any atom is 0.278 e. The van der Waals surface area contributed by atoms with Gasteiger partial charge < -0.3 is 20.8 Å². The van der Waals surface area contributed by atoms with Crippen molar-refractivity contribution in [2.75, 3.05) is 33.1 Å². The van der Waals surface area contributed by atoms with Crippen molar-refractivity contribution < 1.29 is 44.2 Å². The summed E-state index contributed by atoms with van der Waals surface area (Å²) in [6.45, 7) is 0. The van der Waals surface area contributed by atoms with Crippen molar-refractivity contribution in [1.82, 2.24) is 10.4 Å². The summed E-state index contributed by atoms with van der Waals surface area (Å²) in [5.74, 6) is -13.1. The number of likely N-dealkylation sites (N-methyl/N-ethyl adjacent to an activating group) is 1. The Morgan fingerprint density at radius 1 is 1.11 bits per heavy atom. The number of fused-ring (bicyclic) bond motifs is 3. The van der Waals surface area contributed by atoms with E-state index in [0.29, 0.717) is 11.3 Å². The molecule has 0 heterocycles. The summed E-state index contributed by atoms with van der Waals surface area (Å²) < 4.78 is 0. The summed E-state index contributed by atoms with van der Waals surface area (Å²) in [7, 11) is 6.29. The highest BCUT2D eigenvalue weighted by atomic mass is 16.5. The summed E-state index contributed by atoms with van der Waals surface area (Å²) in [6.07, 6.45) is -0.0374. The van der Waals surface area contributed by atoms with Crippen LogP contribution in [0.15, 0.2) is 6.07 Å². The van der Waals surface area contributed by atoms with Crippen molar-refractivity contribution in [3.05, 3.63) is 22.8 Å². The second-order valence-corrected chi connectivity index (χ2v) is 10.3. The molecule has 2 fully saturated rings. The van der Waals surface area contributed by atoms with Gasteiger partial charge in [0.15, 0.2) is 34.7 Å². The van der Waals surface area contributed by atoms with E-state index in [9.17, 15) is 39.0 Å². The van der Waals surface area contributed by atoms with Crippen molar-refractivity contribution >= 4 is 40.6 Å². The zero-order chi connectivity index (χ0) is 27.7. The van der Waals surface area contributed by atoms with E-state index in [1.54, 1.807) is 19.0 Å². The lowest BCUT2D eigenvalue weighted by atomic mass is 9.52. The van der Waals surface area contributed by atoms with Gasteiger partial charge in [0, 0.05) is 25.7 Å². The first-order valence-corrected chi connectivity index (χ1v) is 11.5. The fourth-order valence-electron chi connectivity index (χ4n) is 6.28. The number of carbonyl (C=O) groups is 6. The molecule has 0 saturated heterocycles. The van der Waals surface area contributed by atoms with E-state index in [4.69, 9.17) is 10.9 Å². The Labute approximate surface area is 211 Å². The van der Waals surface area contributed by atoms with Gasteiger partial charge in [0.1, 0.15) is 5.75 Å². The highest BCUT2D eigenvalue weighted by Crippen LogP contribution is 2.52. The van der Waals surface area contributed by atoms with E-state index in [0.717, 1.165) is 0 Å². The normalized spacial score (nSPS) is 30.9. The quantitative estimate of drug-likeness (QED) is 0.169. The maximum atomic E-state index is 13.8. The average Bonchev–Trinajstić information content (AvgIpc) is 2.80. The van der Waals surface area contributed by atoms with Gasteiger partial charge in [-0.3, -0.25) is 38.9 Å². The molecule has 1 aromatic carbocycles. The summed E-state index contributed by atoms with van der Waals surface area (Å²) in [6, 6.07) is 0.0983. The number of hydrogen-bond acceptors (Lipinski definition) is 11. The molecule has 2 unspecified atom stereocenters. The molecule has 0 aromatic heterocycles. The number of hydrogen-bond donors (Lipinski definition) is 5. The lowest BCUT2D eigenvalue weighted by molar-refractivity contribution is -0.181. The van der Waals surface area contributed by atoms with Gasteiger partial charge in [-0.1, -0.05) is 0 Å². The van der Waals surface area contributed by atoms with Gasteiger partial charge in [-0.15, -0.1) is 0 Å². The van der Waals surface area contributed by atoms with E-state index in [2.05, 4.69) is 0 Å². The Hall–Kier alpha value is -3.68. The minimum absolute atomic E-state index is 0.0495. The van der Waals surface area contributed by atoms with Gasteiger partial charge >= 0.3 is 0 Å². The number of Topliss-reactive ketones (excluding diaryl/α,β-unsaturated/α-hetero) is 4. The predicted octanol–water partition coefficient (Wildman–Crippen LogP) is -1.95. The molecule has 0 aliphatic heterocycles. The van der Waals surface area contributed by atoms with E-state index in [1.165, 1.54) is 30.5 Å². The first kappa shape index (κ1) is 26.4. The lowest BCUT2D eigenvalue weighted by Gasteiger charge is -2.52. The summed E-state index contributed by atoms with van der Waals surface area (Å²) >= 11 is 0. The van der Waals surface area contributed by atoms with Crippen molar-refractivity contribution in [3.8, 4) is 5.75 Å². The third-order valence-corrected chi connectivity index (χ3v) is 7.87. The Morgan fingerprint density at radius 3 is 2.24 bits per heavy atom. The topological polar surface area (TPSA) is 208 Å². The molecule has 198 valence electrons. The standard InChI is InChI=1S/C24H28N4O9/c1-27(2)12-7-10(23(35)26-37)17(29)14-9(12)5-8-6-11-16(28(3)4)19(31)15(22(25)34)21(33)24(11,36)20(32)13(8)18(14)30/h7-8,11,13,15-16,29,36-37H,5-6H2,1-4H3,(H2,25,34)(H,26,35)/t8-,11-,13?,15?,16-,24-/m0/s1. The van der Waals surface area contributed by atoms with Crippen molar-refractivity contribution in [2.24, 2.45) is 29.4 Å². The molecule has 0 spiro atoms. The molecule has 13 nitrogen and oxygen atoms in total. The number of phenolic OH excluding ortho intramolecular Hbond substituents is 1. The molecule has 2 saturated carbocycles. The molecule has 6 atom stereocenters. The molecule has 37 heavy (non-hydrogen) atoms. The van der Waals surface area contributed by atoms with E-state index in [1.807, 2.05) is 0 Å². The fraction of sp³-hybridized carbons (Fsp3) is 0.500. The van der Waals surface area contributed by atoms with Crippen LogP contribution in [0.25, 0.3) is 0 Å². The van der Waals surface area contributed by atoms with Crippen LogP contribution in [-0.2, 0) is 25.6 Å². The third-order valence-electron chi connectivity index (χ3n) is 7.87. The number of aliphatic hydroxyl groups is 1. The first-order chi connectivity index (χ1) is 17.2. The number of anilines is 1. The van der Waals surface area contributed by atoms with Crippen LogP contribution in [0.3, 0.4) is 0 Å². The summed E-state index contributed by atoms with van der Waals surface area (Å²) in [5.41, 5.74) is 3.82. The molecule has 2 amide bonds. The van der Waals surface area contributed by atoms with Gasteiger partial charge in [-0.2, -0.15) is 0 Å². The number of phenols is 1. The molecule has 3 aliphatic carbocycles. The van der Waals surface area contributed by atoms with Gasteiger partial charge in [0.25, 0.3) is 5.91 Å². The van der Waals surface area contributed by atoms with Gasteiger partial charge in [0.05, 0.1) is 23.1 Å². The number of hydroxylamine groups is 1. The van der Waals surface area contributed by atoms with E-state index >= 15 is 0 Å². The number of rotatable bonds is 4. The predicted molar refractivity (Wildman–Crippen MR) is 125 cm³/mol. The van der Waals surface area contributed by atoms with Crippen molar-refractivity contribution in [3.63, 3.8) is 0 Å². The van der Waals surface area contributed by atoms with Crippen LogP contribution in [0.1, 0.15) is 32.7 Å². The minimum Gasteiger partial charge on any atom is -0.506 e. The summed E-state index contributed by atoms with van der Waals surface area (Å²) in [4.78, 5) is 81.2. The van der Waals surface area contributed by atoms with Crippen LogP contribution in [-0.4, -0.2) is 95.1 Å². The molecule has 4 rings (SSSR count). The number of ketones is 4. The molecule has 1 aromatic rings. The van der Waals surface area contributed by atoms with Crippen molar-refractivity contribution in [1.29, 1.82) is 0 Å². The van der Waals surface area contributed by atoms with Crippen LogP contribution in [0.2, 0.25) is 0 Å². The summed E-state index contributed by atoms with van der Waals surface area (Å²) in [5, 5.41) is 31.5. The number of primary amides is 1. The second kappa shape index (κ2) is 8.71. The minimum atomic E-state index is -2.84. The number of aromatic hydroxyl groups is 1. The molecule has 0 radical (unpaired) electrons. The highest BCUT2D eigenvalue weighted by Gasteiger charge is 2.69. The Bertz CT molecular complexity index is 1270. The van der Waals surface area contributed by atoms with Gasteiger partial charge in [-0.05, 0) is 44.5 Å². The molecule has 0 bridgehead atoms. The van der Waals surface area contributed by atoms with Gasteiger partial charge in [0.2, 0.25) is 5.91 Å². The fourth-order valence-corrected chi connectivity index (χ4v) is 6.28. The van der Waals surface area contributed by atoms with Crippen molar-refractivity contribution in [2.45, 2.75) is 24.5 Å². The average molecular weight is 517 g/mol. The van der Waals surface area contributed by atoms with Crippen LogP contribution < -0.4 is 16.1 Å². The molecular formula is C24H28N4O9. The second-order valence-electron chi connectivity index (χ2n) is 10.3. The smallest absolute Gasteiger partial charge is 0.278 e. The van der Waals surface area contributed by atoms with Crippen LogP contribution in [0.5, 0.6) is 5.75 Å². The Balaban J connectivity index is 1.92. The Kier molecular flexibility index (Phi) is 6.21. The zero-order valence-corrected chi connectivity index (χ0v) is 20.6. The van der Waals surface area contributed by atoms with Gasteiger partial charge in [-0.25, -0.2) is 5.48 Å². The Morgan fingerprint density at radius 2 is 1.73 bits per heavy atom. The highest BCUT2D eigenvalue weighted by molar-refractivity contribution is 6.32. The zero-order valence-electron chi connectivity index (χ0n) is 20.6. The molecule has 3 aliphatic rings. The third kappa shape index (κ3) is 3.49. The number of amides is 2. The number of nitrogens with two attached hydrogens (primary N) is 1.